The van der Waals surface area contributed by atoms with E-state index < -0.39 is 25.0 Å². The first-order valence-electron chi connectivity index (χ1n) is 12.6. The number of carbonyl (C=O) groups excluding carboxylic acids is 1. The summed E-state index contributed by atoms with van der Waals surface area (Å²) in [6, 6.07) is 0. The summed E-state index contributed by atoms with van der Waals surface area (Å²) in [5.74, 6) is 0.241. The van der Waals surface area contributed by atoms with Crippen molar-refractivity contribution in [1.82, 2.24) is 0 Å². The van der Waals surface area contributed by atoms with Gasteiger partial charge in [-0.15, -0.1) is 0 Å². The Morgan fingerprint density at radius 3 is 1.33 bits per heavy atom. The molecule has 0 aromatic carbocycles. The van der Waals surface area contributed by atoms with Crippen LogP contribution >= 0.6 is 0 Å². The van der Waals surface area contributed by atoms with Crippen molar-refractivity contribution >= 4 is 30.7 Å². The van der Waals surface area contributed by atoms with Crippen molar-refractivity contribution in [2.75, 3.05) is 6.61 Å². The number of rotatable bonds is 7. The fourth-order valence-electron chi connectivity index (χ4n) is 3.05. The van der Waals surface area contributed by atoms with Crippen molar-refractivity contribution < 1.29 is 18.1 Å². The lowest BCUT2D eigenvalue weighted by Gasteiger charge is -2.45. The Morgan fingerprint density at radius 1 is 0.697 bits per heavy atom. The van der Waals surface area contributed by atoms with Crippen LogP contribution in [0.2, 0.25) is 54.4 Å². The molecule has 0 N–H and O–H groups in total. The predicted molar refractivity (Wildman–Crippen MR) is 150 cm³/mol. The third-order valence-electron chi connectivity index (χ3n) is 8.63. The zero-order chi connectivity index (χ0) is 26.3. The van der Waals surface area contributed by atoms with Crippen molar-refractivity contribution in [3.05, 3.63) is 11.6 Å². The van der Waals surface area contributed by atoms with E-state index in [4.69, 9.17) is 13.3 Å². The van der Waals surface area contributed by atoms with E-state index in [1.807, 2.05) is 0 Å². The van der Waals surface area contributed by atoms with Crippen LogP contribution in [0.5, 0.6) is 0 Å². The fourth-order valence-corrected chi connectivity index (χ4v) is 6.55. The van der Waals surface area contributed by atoms with Gasteiger partial charge in [0, 0.05) is 12.8 Å². The van der Waals surface area contributed by atoms with Crippen LogP contribution in [0.1, 0.15) is 75.2 Å². The first-order valence-corrected chi connectivity index (χ1v) is 21.3. The SMILES string of the molecule is CC(C)(C)[Si](C)(C)OCC=C1C(O[Si](C)(C)C(C)(C)C)CC(=O)C[C@H]1O[Si](C)(C)C(C)(C)C. The predicted octanol–water partition coefficient (Wildman–Crippen LogP) is 8.08. The molecule has 7 heteroatoms. The van der Waals surface area contributed by atoms with E-state index >= 15 is 0 Å². The molecule has 1 rings (SSSR count). The van der Waals surface area contributed by atoms with Gasteiger partial charge in [0.15, 0.2) is 25.0 Å². The molecule has 0 bridgehead atoms. The Morgan fingerprint density at radius 2 is 1.03 bits per heavy atom. The Bertz CT molecular complexity index is 677. The third kappa shape index (κ3) is 7.97. The second kappa shape index (κ2) is 10.1. The molecule has 1 fully saturated rings. The molecule has 2 atom stereocenters. The van der Waals surface area contributed by atoms with E-state index in [-0.39, 0.29) is 33.1 Å². The molecular weight excluding hydrogens is 461 g/mol. The monoisotopic (exact) mass is 514 g/mol. The Labute approximate surface area is 208 Å². The first-order chi connectivity index (χ1) is 14.4. The Kier molecular flexibility index (Phi) is 9.51. The molecule has 1 aliphatic rings. The summed E-state index contributed by atoms with van der Waals surface area (Å²) in [7, 11) is -6.00. The van der Waals surface area contributed by atoms with Crippen LogP contribution in [0, 0.1) is 0 Å². The second-order valence-corrected chi connectivity index (χ2v) is 28.8. The first kappa shape index (κ1) is 31.0. The molecule has 0 aliphatic heterocycles. The molecule has 1 saturated carbocycles. The Balaban J connectivity index is 3.36. The second-order valence-electron chi connectivity index (χ2n) is 14.5. The molecule has 1 aliphatic carbocycles. The number of hydrogen-bond acceptors (Lipinski definition) is 4. The maximum absolute atomic E-state index is 12.9. The van der Waals surface area contributed by atoms with Gasteiger partial charge in [-0.05, 0) is 60.0 Å². The highest BCUT2D eigenvalue weighted by atomic mass is 28.4. The summed E-state index contributed by atoms with van der Waals surface area (Å²) in [4.78, 5) is 12.9. The van der Waals surface area contributed by atoms with Crippen LogP contribution < -0.4 is 0 Å². The van der Waals surface area contributed by atoms with E-state index in [1.165, 1.54) is 0 Å². The van der Waals surface area contributed by atoms with Crippen LogP contribution in [0.4, 0.5) is 0 Å². The molecule has 33 heavy (non-hydrogen) atoms. The van der Waals surface area contributed by atoms with Crippen LogP contribution in [-0.4, -0.2) is 49.6 Å². The lowest BCUT2D eigenvalue weighted by Crippen LogP contribution is -2.51. The van der Waals surface area contributed by atoms with Crippen molar-refractivity contribution in [3.8, 4) is 0 Å². The van der Waals surface area contributed by atoms with Crippen LogP contribution in [-0.2, 0) is 18.1 Å². The van der Waals surface area contributed by atoms with Crippen molar-refractivity contribution in [2.24, 2.45) is 0 Å². The van der Waals surface area contributed by atoms with Crippen LogP contribution in [0.3, 0.4) is 0 Å². The van der Waals surface area contributed by atoms with Crippen molar-refractivity contribution in [2.45, 2.75) is 142 Å². The summed E-state index contributed by atoms with van der Waals surface area (Å²) in [5, 5.41) is 0.306. The molecular formula is C26H54O4Si3. The third-order valence-corrected chi connectivity index (χ3v) is 22.1. The highest BCUT2D eigenvalue weighted by molar-refractivity contribution is 6.75. The number of carbonyl (C=O) groups is 1. The van der Waals surface area contributed by atoms with Gasteiger partial charge in [-0.1, -0.05) is 68.4 Å². The lowest BCUT2D eigenvalue weighted by molar-refractivity contribution is -0.123. The molecule has 0 radical (unpaired) electrons. The highest BCUT2D eigenvalue weighted by Crippen LogP contribution is 2.43. The van der Waals surface area contributed by atoms with Gasteiger partial charge in [0.25, 0.3) is 0 Å². The van der Waals surface area contributed by atoms with Gasteiger partial charge in [0.05, 0.1) is 18.8 Å². The Hall–Kier alpha value is -0.0594. The summed E-state index contributed by atoms with van der Waals surface area (Å²) in [5.41, 5.74) is 1.13. The number of Topliss-reactive ketones (excluding diaryl/α,β-unsaturated/α-hetero) is 1. The molecule has 0 saturated heterocycles. The van der Waals surface area contributed by atoms with Gasteiger partial charge in [-0.3, -0.25) is 4.79 Å². The largest absolute Gasteiger partial charge is 0.413 e. The van der Waals surface area contributed by atoms with Gasteiger partial charge in [-0.25, -0.2) is 0 Å². The van der Waals surface area contributed by atoms with Gasteiger partial charge in [0.2, 0.25) is 0 Å². The molecule has 1 unspecified atom stereocenters. The summed E-state index contributed by atoms with van der Waals surface area (Å²) < 4.78 is 20.2. The average Bonchev–Trinajstić information content (AvgIpc) is 2.53. The molecule has 194 valence electrons. The zero-order valence-corrected chi connectivity index (χ0v) is 27.5. The zero-order valence-electron chi connectivity index (χ0n) is 24.5. The highest BCUT2D eigenvalue weighted by Gasteiger charge is 2.46. The minimum absolute atomic E-state index is 0.0754. The maximum Gasteiger partial charge on any atom is 0.192 e. The smallest absolute Gasteiger partial charge is 0.192 e. The fraction of sp³-hybridized carbons (Fsp3) is 0.885. The normalized spacial score (nSPS) is 23.4. The van der Waals surface area contributed by atoms with E-state index in [0.29, 0.717) is 19.4 Å². The minimum Gasteiger partial charge on any atom is -0.413 e. The van der Waals surface area contributed by atoms with Gasteiger partial charge in [0.1, 0.15) is 5.78 Å². The van der Waals surface area contributed by atoms with Crippen LogP contribution in [0.15, 0.2) is 11.6 Å². The van der Waals surface area contributed by atoms with Gasteiger partial charge < -0.3 is 13.3 Å². The molecule has 0 aromatic rings. The molecule has 0 aromatic heterocycles. The number of ketones is 1. The van der Waals surface area contributed by atoms with Gasteiger partial charge >= 0.3 is 0 Å². The van der Waals surface area contributed by atoms with E-state index in [0.717, 1.165) is 5.57 Å². The van der Waals surface area contributed by atoms with E-state index in [1.54, 1.807) is 0 Å². The molecule has 0 heterocycles. The standard InChI is InChI=1S/C26H54O4Si3/c1-24(2,3)31(10,11)28-17-16-21-22(29-32(12,13)25(4,5)6)18-20(27)19-23(21)30-33(14,15)26(7,8)9/h16,22-23H,17-19H2,1-15H3/t22-,23?/m1/s1. The van der Waals surface area contributed by atoms with Crippen molar-refractivity contribution in [3.63, 3.8) is 0 Å². The minimum atomic E-state index is -2.06. The topological polar surface area (TPSA) is 44.8 Å². The molecule has 4 nitrogen and oxygen atoms in total. The summed E-state index contributed by atoms with van der Waals surface area (Å²) >= 11 is 0. The summed E-state index contributed by atoms with van der Waals surface area (Å²) in [6.45, 7) is 34.4. The molecule has 0 amide bonds. The van der Waals surface area contributed by atoms with E-state index in [2.05, 4.69) is 108 Å². The summed E-state index contributed by atoms with van der Waals surface area (Å²) in [6.07, 6.45) is 2.64. The molecule has 0 spiro atoms. The van der Waals surface area contributed by atoms with Crippen molar-refractivity contribution in [1.29, 1.82) is 0 Å². The van der Waals surface area contributed by atoms with Crippen LogP contribution in [0.25, 0.3) is 0 Å². The maximum atomic E-state index is 12.9. The number of hydrogen-bond donors (Lipinski definition) is 0. The average molecular weight is 515 g/mol. The van der Waals surface area contributed by atoms with E-state index in [9.17, 15) is 4.79 Å². The lowest BCUT2D eigenvalue weighted by atomic mass is 9.88. The van der Waals surface area contributed by atoms with Gasteiger partial charge in [-0.2, -0.15) is 0 Å². The quantitative estimate of drug-likeness (QED) is 0.254.